The van der Waals surface area contributed by atoms with Gasteiger partial charge in [0.25, 0.3) is 0 Å². The van der Waals surface area contributed by atoms with Crippen molar-refractivity contribution in [3.05, 3.63) is 0 Å². The summed E-state index contributed by atoms with van der Waals surface area (Å²) in [5.74, 6) is 3.53. The standard InChI is InChI=1S/C11H22N4S2/c12-10(13)16-6-5-8-1-3-9(4-2-8)7-17-11(14)15/h8-9H,1-7H2,(H3,12,13)(H3,14,15). The fourth-order valence-electron chi connectivity index (χ4n) is 2.23. The van der Waals surface area contributed by atoms with Gasteiger partial charge in [0.05, 0.1) is 0 Å². The highest BCUT2D eigenvalue weighted by molar-refractivity contribution is 8.13. The number of thioether (sulfide) groups is 2. The zero-order valence-corrected chi connectivity index (χ0v) is 11.7. The van der Waals surface area contributed by atoms with Crippen molar-refractivity contribution in [2.45, 2.75) is 32.1 Å². The third-order valence-electron chi connectivity index (χ3n) is 3.22. The molecule has 0 amide bonds. The molecule has 6 heteroatoms. The van der Waals surface area contributed by atoms with E-state index in [9.17, 15) is 0 Å². The molecule has 0 aromatic heterocycles. The van der Waals surface area contributed by atoms with Crippen LogP contribution in [0.15, 0.2) is 0 Å². The largest absolute Gasteiger partial charge is 0.379 e. The lowest BCUT2D eigenvalue weighted by atomic mass is 9.82. The van der Waals surface area contributed by atoms with Crippen LogP contribution in [0, 0.1) is 22.7 Å². The predicted octanol–water partition coefficient (Wildman–Crippen LogP) is 2.44. The van der Waals surface area contributed by atoms with E-state index < -0.39 is 0 Å². The average molecular weight is 274 g/mol. The van der Waals surface area contributed by atoms with Crippen molar-refractivity contribution < 1.29 is 0 Å². The van der Waals surface area contributed by atoms with Crippen molar-refractivity contribution in [2.24, 2.45) is 23.3 Å². The van der Waals surface area contributed by atoms with Crippen LogP contribution in [-0.2, 0) is 0 Å². The number of rotatable bonds is 5. The van der Waals surface area contributed by atoms with Crippen LogP contribution in [0.25, 0.3) is 0 Å². The van der Waals surface area contributed by atoms with Gasteiger partial charge in [0.15, 0.2) is 10.3 Å². The summed E-state index contributed by atoms with van der Waals surface area (Å²) in [5, 5.41) is 14.8. The van der Waals surface area contributed by atoms with Gasteiger partial charge in [0.1, 0.15) is 0 Å². The van der Waals surface area contributed by atoms with Gasteiger partial charge in [0.2, 0.25) is 0 Å². The molecule has 1 fully saturated rings. The van der Waals surface area contributed by atoms with Crippen LogP contribution >= 0.6 is 23.5 Å². The highest BCUT2D eigenvalue weighted by Gasteiger charge is 2.21. The van der Waals surface area contributed by atoms with Crippen LogP contribution in [0.2, 0.25) is 0 Å². The summed E-state index contributed by atoms with van der Waals surface area (Å²) < 4.78 is 0. The minimum atomic E-state index is 0.233. The first-order valence-electron chi connectivity index (χ1n) is 6.01. The lowest BCUT2D eigenvalue weighted by Crippen LogP contribution is -2.18. The minimum absolute atomic E-state index is 0.233. The Labute approximate surface area is 112 Å². The molecular weight excluding hydrogens is 252 g/mol. The van der Waals surface area contributed by atoms with Crippen LogP contribution < -0.4 is 11.5 Å². The first-order valence-corrected chi connectivity index (χ1v) is 7.98. The van der Waals surface area contributed by atoms with Crippen molar-refractivity contribution >= 4 is 33.9 Å². The molecule has 0 saturated heterocycles. The normalized spacial score (nSPS) is 24.5. The molecule has 1 saturated carbocycles. The molecule has 1 aliphatic rings. The zero-order valence-electron chi connectivity index (χ0n) is 10.1. The third-order valence-corrected chi connectivity index (χ3v) is 4.92. The van der Waals surface area contributed by atoms with E-state index in [0.717, 1.165) is 23.3 Å². The van der Waals surface area contributed by atoms with Gasteiger partial charge in [0, 0.05) is 11.5 Å². The highest BCUT2D eigenvalue weighted by Crippen LogP contribution is 2.33. The Morgan fingerprint density at radius 3 is 2.00 bits per heavy atom. The SMILES string of the molecule is N=C(N)SCCC1CCC(CSC(=N)N)CC1. The summed E-state index contributed by atoms with van der Waals surface area (Å²) in [4.78, 5) is 0. The summed E-state index contributed by atoms with van der Waals surface area (Å²) in [6, 6.07) is 0. The summed E-state index contributed by atoms with van der Waals surface area (Å²) in [5.41, 5.74) is 10.7. The molecule has 1 rings (SSSR count). The third kappa shape index (κ3) is 6.83. The molecule has 1 aliphatic carbocycles. The summed E-state index contributed by atoms with van der Waals surface area (Å²) >= 11 is 2.93. The van der Waals surface area contributed by atoms with Crippen LogP contribution in [0.1, 0.15) is 32.1 Å². The first kappa shape index (κ1) is 14.7. The van der Waals surface area contributed by atoms with E-state index in [2.05, 4.69) is 0 Å². The second-order valence-electron chi connectivity index (χ2n) is 4.56. The van der Waals surface area contributed by atoms with Gasteiger partial charge < -0.3 is 11.5 Å². The summed E-state index contributed by atoms with van der Waals surface area (Å²) in [6.07, 6.45) is 6.26. The van der Waals surface area contributed by atoms with E-state index in [-0.39, 0.29) is 10.3 Å². The van der Waals surface area contributed by atoms with E-state index in [1.807, 2.05) is 0 Å². The van der Waals surface area contributed by atoms with Gasteiger partial charge in [-0.05, 0) is 31.1 Å². The van der Waals surface area contributed by atoms with Crippen molar-refractivity contribution in [1.82, 2.24) is 0 Å². The average Bonchev–Trinajstić information content (AvgIpc) is 2.27. The second-order valence-corrected chi connectivity index (χ2v) is 6.76. The van der Waals surface area contributed by atoms with E-state index in [4.69, 9.17) is 22.3 Å². The first-order chi connectivity index (χ1) is 8.08. The van der Waals surface area contributed by atoms with Crippen LogP contribution in [0.4, 0.5) is 0 Å². The lowest BCUT2D eigenvalue weighted by Gasteiger charge is -2.28. The molecule has 0 aliphatic heterocycles. The Bertz CT molecular complexity index is 262. The van der Waals surface area contributed by atoms with Gasteiger partial charge in [-0.15, -0.1) is 0 Å². The molecule has 0 heterocycles. The Morgan fingerprint density at radius 1 is 0.941 bits per heavy atom. The number of nitrogens with two attached hydrogens (primary N) is 2. The molecular formula is C11H22N4S2. The second kappa shape index (κ2) is 7.87. The minimum Gasteiger partial charge on any atom is -0.379 e. The Morgan fingerprint density at radius 2 is 1.47 bits per heavy atom. The van der Waals surface area contributed by atoms with Crippen LogP contribution in [0.3, 0.4) is 0 Å². The number of hydrogen-bond donors (Lipinski definition) is 4. The lowest BCUT2D eigenvalue weighted by molar-refractivity contribution is 0.289. The molecule has 0 aromatic carbocycles. The number of amidine groups is 2. The molecule has 4 nitrogen and oxygen atoms in total. The summed E-state index contributed by atoms with van der Waals surface area (Å²) in [6.45, 7) is 0. The van der Waals surface area contributed by atoms with E-state index in [1.165, 1.54) is 55.6 Å². The molecule has 0 radical (unpaired) electrons. The molecule has 98 valence electrons. The molecule has 17 heavy (non-hydrogen) atoms. The monoisotopic (exact) mass is 274 g/mol. The predicted molar refractivity (Wildman–Crippen MR) is 78.8 cm³/mol. The quantitative estimate of drug-likeness (QED) is 0.457. The highest BCUT2D eigenvalue weighted by atomic mass is 32.2. The van der Waals surface area contributed by atoms with E-state index >= 15 is 0 Å². The Kier molecular flexibility index (Phi) is 6.80. The fourth-order valence-corrected chi connectivity index (χ4v) is 3.65. The van der Waals surface area contributed by atoms with E-state index in [0.29, 0.717) is 0 Å². The Hall–Kier alpha value is -0.360. The number of hydrogen-bond acceptors (Lipinski definition) is 4. The molecule has 0 aromatic rings. The fraction of sp³-hybridized carbons (Fsp3) is 0.818. The van der Waals surface area contributed by atoms with Gasteiger partial charge in [-0.3, -0.25) is 10.8 Å². The zero-order chi connectivity index (χ0) is 12.7. The Balaban J connectivity index is 2.08. The molecule has 0 spiro atoms. The van der Waals surface area contributed by atoms with Crippen molar-refractivity contribution in [2.75, 3.05) is 11.5 Å². The maximum Gasteiger partial charge on any atom is 0.151 e. The van der Waals surface area contributed by atoms with Crippen molar-refractivity contribution in [3.8, 4) is 0 Å². The smallest absolute Gasteiger partial charge is 0.151 e. The van der Waals surface area contributed by atoms with Crippen molar-refractivity contribution in [1.29, 1.82) is 10.8 Å². The van der Waals surface area contributed by atoms with Gasteiger partial charge in [-0.2, -0.15) is 0 Å². The maximum absolute atomic E-state index is 7.19. The molecule has 0 bridgehead atoms. The number of nitrogens with one attached hydrogen (secondary N) is 2. The van der Waals surface area contributed by atoms with Gasteiger partial charge in [-0.1, -0.05) is 36.4 Å². The van der Waals surface area contributed by atoms with Crippen LogP contribution in [-0.4, -0.2) is 21.8 Å². The maximum atomic E-state index is 7.19. The molecule has 6 N–H and O–H groups in total. The molecule has 0 atom stereocenters. The van der Waals surface area contributed by atoms with Crippen LogP contribution in [0.5, 0.6) is 0 Å². The van der Waals surface area contributed by atoms with Crippen molar-refractivity contribution in [3.63, 3.8) is 0 Å². The topological polar surface area (TPSA) is 99.7 Å². The molecule has 0 unspecified atom stereocenters. The summed E-state index contributed by atoms with van der Waals surface area (Å²) in [7, 11) is 0. The van der Waals surface area contributed by atoms with Gasteiger partial charge in [-0.25, -0.2) is 0 Å². The van der Waals surface area contributed by atoms with E-state index in [1.54, 1.807) is 0 Å². The van der Waals surface area contributed by atoms with Gasteiger partial charge >= 0.3 is 0 Å².